The second-order valence-corrected chi connectivity index (χ2v) is 9.85. The number of likely N-dealkylation sites (tertiary alicyclic amines) is 3. The highest BCUT2D eigenvalue weighted by atomic mass is 16.2. The van der Waals surface area contributed by atoms with Crippen LogP contribution in [0.25, 0.3) is 0 Å². The predicted octanol–water partition coefficient (Wildman–Crippen LogP) is 3.86. The third kappa shape index (κ3) is 4.53. The summed E-state index contributed by atoms with van der Waals surface area (Å²) in [5.41, 5.74) is 0.720. The van der Waals surface area contributed by atoms with E-state index in [-0.39, 0.29) is 5.91 Å². The van der Waals surface area contributed by atoms with Crippen LogP contribution in [0.5, 0.6) is 0 Å². The summed E-state index contributed by atoms with van der Waals surface area (Å²) < 4.78 is 0. The molecule has 3 saturated heterocycles. The maximum atomic E-state index is 11.7. The predicted molar refractivity (Wildman–Crippen MR) is 113 cm³/mol. The summed E-state index contributed by atoms with van der Waals surface area (Å²) in [6.07, 6.45) is 8.10. The van der Waals surface area contributed by atoms with E-state index in [9.17, 15) is 4.79 Å². The molecule has 156 valence electrons. The van der Waals surface area contributed by atoms with Crippen molar-refractivity contribution in [3.8, 4) is 0 Å². The summed E-state index contributed by atoms with van der Waals surface area (Å²) in [5.74, 6) is 2.14. The van der Waals surface area contributed by atoms with Crippen LogP contribution in [0, 0.1) is 17.3 Å². The fourth-order valence-electron chi connectivity index (χ4n) is 6.01. The van der Waals surface area contributed by atoms with E-state index in [2.05, 4.69) is 28.5 Å². The lowest BCUT2D eigenvalue weighted by atomic mass is 9.55. The molecule has 3 aliphatic heterocycles. The minimum absolute atomic E-state index is 0.255. The minimum Gasteiger partial charge on any atom is -0.341 e. The molecule has 0 aromatic carbocycles. The Morgan fingerprint density at radius 1 is 0.926 bits per heavy atom. The molecule has 4 fully saturated rings. The van der Waals surface area contributed by atoms with Gasteiger partial charge in [-0.15, -0.1) is 0 Å². The number of amides is 1. The van der Waals surface area contributed by atoms with Gasteiger partial charge in [-0.05, 0) is 68.9 Å². The van der Waals surface area contributed by atoms with Crippen LogP contribution in [0.2, 0.25) is 0 Å². The molecule has 4 aliphatic rings. The summed E-state index contributed by atoms with van der Waals surface area (Å²) in [6.45, 7) is 17.7. The molecule has 3 heterocycles. The molecule has 4 rings (SSSR count). The summed E-state index contributed by atoms with van der Waals surface area (Å²) in [4.78, 5) is 19.2. The van der Waals surface area contributed by atoms with Crippen LogP contribution in [0.15, 0.2) is 0 Å². The largest absolute Gasteiger partial charge is 0.341 e. The van der Waals surface area contributed by atoms with Crippen LogP contribution in [-0.4, -0.2) is 72.0 Å². The van der Waals surface area contributed by atoms with Gasteiger partial charge in [0, 0.05) is 45.2 Å². The van der Waals surface area contributed by atoms with Gasteiger partial charge in [-0.25, -0.2) is 0 Å². The highest BCUT2D eigenvalue weighted by Gasteiger charge is 2.54. The van der Waals surface area contributed by atoms with E-state index in [1.807, 2.05) is 13.8 Å². The molecule has 0 bridgehead atoms. The van der Waals surface area contributed by atoms with E-state index in [0.717, 1.165) is 36.4 Å². The normalized spacial score (nSPS) is 29.9. The molecule has 1 aliphatic carbocycles. The van der Waals surface area contributed by atoms with Crippen molar-refractivity contribution in [1.82, 2.24) is 14.7 Å². The first kappa shape index (κ1) is 21.1. The van der Waals surface area contributed by atoms with Gasteiger partial charge in [0.2, 0.25) is 5.91 Å². The van der Waals surface area contributed by atoms with Gasteiger partial charge in [0.15, 0.2) is 0 Å². The lowest BCUT2D eigenvalue weighted by Crippen LogP contribution is -2.66. The lowest BCUT2D eigenvalue weighted by molar-refractivity contribution is -0.134. The highest BCUT2D eigenvalue weighted by molar-refractivity contribution is 5.73. The molecule has 27 heavy (non-hydrogen) atoms. The van der Waals surface area contributed by atoms with Crippen LogP contribution < -0.4 is 0 Å². The van der Waals surface area contributed by atoms with Gasteiger partial charge in [-0.3, -0.25) is 14.6 Å². The van der Waals surface area contributed by atoms with E-state index in [1.54, 1.807) is 6.92 Å². The van der Waals surface area contributed by atoms with E-state index in [1.165, 1.54) is 64.7 Å². The molecule has 1 saturated carbocycles. The molecule has 4 nitrogen and oxygen atoms in total. The van der Waals surface area contributed by atoms with Crippen molar-refractivity contribution < 1.29 is 4.79 Å². The summed E-state index contributed by atoms with van der Waals surface area (Å²) >= 11 is 0. The first-order valence-corrected chi connectivity index (χ1v) is 11.7. The fourth-order valence-corrected chi connectivity index (χ4v) is 6.01. The van der Waals surface area contributed by atoms with Crippen LogP contribution in [0.1, 0.15) is 73.1 Å². The van der Waals surface area contributed by atoms with Gasteiger partial charge < -0.3 is 4.90 Å². The standard InChI is InChI=1S/C21H37N3O.C2H6/c1-16(2)18-11-21(12-18)14-24(15-21)19-6-9-22(10-7-19)20-5-4-8-23(13-20)17(3)25;1-2/h16,18-20H,4-15H2,1-3H3;1-2H3. The van der Waals surface area contributed by atoms with E-state index >= 15 is 0 Å². The molecule has 1 unspecified atom stereocenters. The summed E-state index contributed by atoms with van der Waals surface area (Å²) in [6, 6.07) is 1.44. The zero-order valence-corrected chi connectivity index (χ0v) is 18.5. The monoisotopic (exact) mass is 377 g/mol. The number of carbonyl (C=O) groups is 1. The van der Waals surface area contributed by atoms with E-state index in [4.69, 9.17) is 0 Å². The summed E-state index contributed by atoms with van der Waals surface area (Å²) in [7, 11) is 0. The molecule has 0 aromatic rings. The highest BCUT2D eigenvalue weighted by Crippen LogP contribution is 2.55. The summed E-state index contributed by atoms with van der Waals surface area (Å²) in [5, 5.41) is 0. The van der Waals surface area contributed by atoms with Gasteiger partial charge in [0.05, 0.1) is 0 Å². The van der Waals surface area contributed by atoms with Crippen LogP contribution in [-0.2, 0) is 4.79 Å². The van der Waals surface area contributed by atoms with Crippen molar-refractivity contribution in [2.24, 2.45) is 17.3 Å². The average Bonchev–Trinajstić information content (AvgIpc) is 2.61. The Kier molecular flexibility index (Phi) is 6.89. The quantitative estimate of drug-likeness (QED) is 0.747. The zero-order chi connectivity index (χ0) is 19.6. The lowest BCUT2D eigenvalue weighted by Gasteiger charge is -2.63. The molecule has 1 atom stereocenters. The Bertz CT molecular complexity index is 484. The Morgan fingerprint density at radius 2 is 1.56 bits per heavy atom. The molecule has 0 radical (unpaired) electrons. The average molecular weight is 378 g/mol. The number of piperidine rings is 2. The van der Waals surface area contributed by atoms with Crippen LogP contribution in [0.3, 0.4) is 0 Å². The van der Waals surface area contributed by atoms with E-state index < -0.39 is 0 Å². The molecule has 0 aromatic heterocycles. The third-order valence-corrected chi connectivity index (χ3v) is 7.78. The maximum absolute atomic E-state index is 11.7. The van der Waals surface area contributed by atoms with Gasteiger partial charge in [-0.2, -0.15) is 0 Å². The second kappa shape index (κ2) is 8.82. The first-order valence-electron chi connectivity index (χ1n) is 11.7. The van der Waals surface area contributed by atoms with Gasteiger partial charge >= 0.3 is 0 Å². The fraction of sp³-hybridized carbons (Fsp3) is 0.957. The topological polar surface area (TPSA) is 26.8 Å². The number of nitrogens with zero attached hydrogens (tertiary/aromatic N) is 3. The Morgan fingerprint density at radius 3 is 2.11 bits per heavy atom. The molecule has 4 heteroatoms. The molecular formula is C23H43N3O. The zero-order valence-electron chi connectivity index (χ0n) is 18.5. The van der Waals surface area contributed by atoms with Crippen molar-refractivity contribution >= 4 is 5.91 Å². The van der Waals surface area contributed by atoms with Crippen LogP contribution >= 0.6 is 0 Å². The molecule has 1 amide bonds. The number of rotatable bonds is 3. The maximum Gasteiger partial charge on any atom is 0.219 e. The van der Waals surface area contributed by atoms with Gasteiger partial charge in [0.1, 0.15) is 0 Å². The Hall–Kier alpha value is -0.610. The second-order valence-electron chi connectivity index (χ2n) is 9.85. The molecule has 0 N–H and O–H groups in total. The number of hydrogen-bond acceptors (Lipinski definition) is 3. The SMILES string of the molecule is CC.CC(=O)N1CCCC(N2CCC(N3CC4(CC(C(C)C)C4)C3)CC2)C1. The van der Waals surface area contributed by atoms with Crippen molar-refractivity contribution in [2.45, 2.75) is 85.2 Å². The van der Waals surface area contributed by atoms with E-state index in [0.29, 0.717) is 6.04 Å². The van der Waals surface area contributed by atoms with Crippen molar-refractivity contribution in [3.05, 3.63) is 0 Å². The third-order valence-electron chi connectivity index (χ3n) is 7.78. The molecular weight excluding hydrogens is 334 g/mol. The Labute approximate surface area is 167 Å². The van der Waals surface area contributed by atoms with Crippen molar-refractivity contribution in [1.29, 1.82) is 0 Å². The van der Waals surface area contributed by atoms with Gasteiger partial charge in [0.25, 0.3) is 0 Å². The number of carbonyl (C=O) groups excluding carboxylic acids is 1. The Balaban J connectivity index is 0.00000102. The molecule has 1 spiro atoms. The van der Waals surface area contributed by atoms with Crippen molar-refractivity contribution in [2.75, 3.05) is 39.3 Å². The minimum atomic E-state index is 0.255. The number of hydrogen-bond donors (Lipinski definition) is 0. The van der Waals surface area contributed by atoms with Crippen molar-refractivity contribution in [3.63, 3.8) is 0 Å². The smallest absolute Gasteiger partial charge is 0.219 e. The van der Waals surface area contributed by atoms with Gasteiger partial charge in [-0.1, -0.05) is 27.7 Å². The first-order chi connectivity index (χ1) is 13.0. The van der Waals surface area contributed by atoms with Crippen LogP contribution in [0.4, 0.5) is 0 Å².